The molecule has 0 aromatic heterocycles. The summed E-state index contributed by atoms with van der Waals surface area (Å²) in [5.74, 6) is 0.0585. The topological polar surface area (TPSA) is 75.4 Å². The smallest absolute Gasteiger partial charge is 0.237 e. The number of aliphatic hydroxyl groups excluding tert-OH is 1. The molecule has 1 aliphatic carbocycles. The molecule has 1 saturated carbocycles. The molecule has 17 heavy (non-hydrogen) atoms. The van der Waals surface area contributed by atoms with E-state index in [4.69, 9.17) is 5.73 Å². The van der Waals surface area contributed by atoms with Gasteiger partial charge in [0, 0.05) is 0 Å². The van der Waals surface area contributed by atoms with E-state index in [1.54, 1.807) is 0 Å². The third-order valence-electron chi connectivity index (χ3n) is 3.87. The predicted octanol–water partition coefficient (Wildman–Crippen LogP) is 1.17. The van der Waals surface area contributed by atoms with Crippen LogP contribution in [0.1, 0.15) is 52.4 Å². The van der Waals surface area contributed by atoms with Crippen LogP contribution in [0.2, 0.25) is 0 Å². The Morgan fingerprint density at radius 2 is 2.06 bits per heavy atom. The first-order valence-electron chi connectivity index (χ1n) is 6.80. The predicted molar refractivity (Wildman–Crippen MR) is 68.5 cm³/mol. The summed E-state index contributed by atoms with van der Waals surface area (Å²) >= 11 is 0. The maximum Gasteiger partial charge on any atom is 0.237 e. The molecule has 0 aliphatic heterocycles. The van der Waals surface area contributed by atoms with Gasteiger partial charge in [-0.05, 0) is 18.8 Å². The summed E-state index contributed by atoms with van der Waals surface area (Å²) in [5.41, 5.74) is 5.88. The Bertz CT molecular complexity index is 246. The number of aliphatic hydroxyl groups is 1. The van der Waals surface area contributed by atoms with Crippen molar-refractivity contribution < 1.29 is 9.90 Å². The van der Waals surface area contributed by atoms with Gasteiger partial charge >= 0.3 is 0 Å². The van der Waals surface area contributed by atoms with E-state index in [1.165, 1.54) is 0 Å². The Morgan fingerprint density at radius 3 is 2.71 bits per heavy atom. The lowest BCUT2D eigenvalue weighted by molar-refractivity contribution is -0.125. The number of hydrogen-bond donors (Lipinski definition) is 3. The number of amides is 1. The highest BCUT2D eigenvalue weighted by molar-refractivity contribution is 5.82. The van der Waals surface area contributed by atoms with Gasteiger partial charge in [-0.1, -0.05) is 39.5 Å². The molecule has 1 rings (SSSR count). The van der Waals surface area contributed by atoms with Gasteiger partial charge in [0.15, 0.2) is 0 Å². The van der Waals surface area contributed by atoms with Crippen LogP contribution < -0.4 is 11.1 Å². The second-order valence-electron chi connectivity index (χ2n) is 5.23. The molecule has 0 saturated heterocycles. The molecule has 0 radical (unpaired) electrons. The van der Waals surface area contributed by atoms with Crippen LogP contribution in [-0.2, 0) is 4.79 Å². The summed E-state index contributed by atoms with van der Waals surface area (Å²) in [4.78, 5) is 11.9. The third-order valence-corrected chi connectivity index (χ3v) is 3.87. The normalized spacial score (nSPS) is 29.2. The summed E-state index contributed by atoms with van der Waals surface area (Å²) in [7, 11) is 0. The zero-order chi connectivity index (χ0) is 12.8. The maximum absolute atomic E-state index is 11.9. The highest BCUT2D eigenvalue weighted by Crippen LogP contribution is 2.18. The van der Waals surface area contributed by atoms with Crippen molar-refractivity contribution in [2.24, 2.45) is 11.7 Å². The molecule has 1 amide bonds. The Morgan fingerprint density at radius 1 is 1.41 bits per heavy atom. The first-order valence-corrected chi connectivity index (χ1v) is 6.80. The van der Waals surface area contributed by atoms with Crippen molar-refractivity contribution in [1.29, 1.82) is 0 Å². The van der Waals surface area contributed by atoms with Crippen molar-refractivity contribution in [3.05, 3.63) is 0 Å². The lowest BCUT2D eigenvalue weighted by atomic mass is 9.98. The third kappa shape index (κ3) is 4.28. The molecule has 2 unspecified atom stereocenters. The molecular weight excluding hydrogens is 216 g/mol. The summed E-state index contributed by atoms with van der Waals surface area (Å²) in [6.45, 7) is 4.01. The van der Waals surface area contributed by atoms with Crippen molar-refractivity contribution in [2.75, 3.05) is 0 Å². The molecule has 0 aromatic rings. The van der Waals surface area contributed by atoms with Gasteiger partial charge in [0.05, 0.1) is 18.2 Å². The average molecular weight is 242 g/mol. The van der Waals surface area contributed by atoms with Crippen molar-refractivity contribution in [2.45, 2.75) is 70.6 Å². The van der Waals surface area contributed by atoms with Gasteiger partial charge in [-0.15, -0.1) is 0 Å². The van der Waals surface area contributed by atoms with E-state index in [-0.39, 0.29) is 17.9 Å². The highest BCUT2D eigenvalue weighted by Gasteiger charge is 2.26. The van der Waals surface area contributed by atoms with Crippen LogP contribution >= 0.6 is 0 Å². The van der Waals surface area contributed by atoms with Crippen LogP contribution in [0.15, 0.2) is 0 Å². The van der Waals surface area contributed by atoms with Crippen molar-refractivity contribution >= 4 is 5.91 Å². The maximum atomic E-state index is 11.9. The monoisotopic (exact) mass is 242 g/mol. The Kier molecular flexibility index (Phi) is 5.92. The number of carbonyl (C=O) groups is 1. The Labute approximate surface area is 104 Å². The first kappa shape index (κ1) is 14.5. The molecule has 1 fully saturated rings. The van der Waals surface area contributed by atoms with Crippen LogP contribution in [0.25, 0.3) is 0 Å². The molecule has 0 heterocycles. The summed E-state index contributed by atoms with van der Waals surface area (Å²) in [5, 5.41) is 12.8. The summed E-state index contributed by atoms with van der Waals surface area (Å²) in [6, 6.07) is -0.574. The van der Waals surface area contributed by atoms with E-state index < -0.39 is 12.1 Å². The van der Waals surface area contributed by atoms with Gasteiger partial charge < -0.3 is 16.2 Å². The van der Waals surface area contributed by atoms with Gasteiger partial charge in [-0.3, -0.25) is 4.79 Å². The van der Waals surface area contributed by atoms with E-state index in [0.717, 1.165) is 38.5 Å². The first-order chi connectivity index (χ1) is 8.06. The lowest BCUT2D eigenvalue weighted by Gasteiger charge is -2.25. The fraction of sp³-hybridized carbons (Fsp3) is 0.923. The quantitative estimate of drug-likeness (QED) is 0.648. The molecule has 1 aliphatic rings. The Balaban J connectivity index is 2.48. The minimum absolute atomic E-state index is 0.111. The zero-order valence-corrected chi connectivity index (χ0v) is 11.0. The van der Waals surface area contributed by atoms with Gasteiger partial charge in [0.2, 0.25) is 5.91 Å². The SMILES string of the molecule is CC[C@H](C)[C@H](N)C(=O)NC1CCCCCC1O. The molecule has 4 N–H and O–H groups in total. The van der Waals surface area contributed by atoms with Crippen molar-refractivity contribution in [3.8, 4) is 0 Å². The number of carbonyl (C=O) groups excluding carboxylic acids is 1. The van der Waals surface area contributed by atoms with Crippen LogP contribution in [0.3, 0.4) is 0 Å². The lowest BCUT2D eigenvalue weighted by Crippen LogP contribution is -2.51. The second kappa shape index (κ2) is 6.97. The fourth-order valence-corrected chi connectivity index (χ4v) is 2.25. The summed E-state index contributed by atoms with van der Waals surface area (Å²) in [6.07, 6.45) is 5.38. The molecule has 4 atom stereocenters. The van der Waals surface area contributed by atoms with Crippen LogP contribution in [-0.4, -0.2) is 29.2 Å². The molecule has 0 bridgehead atoms. The van der Waals surface area contributed by atoms with Gasteiger partial charge in [-0.25, -0.2) is 0 Å². The second-order valence-corrected chi connectivity index (χ2v) is 5.23. The largest absolute Gasteiger partial charge is 0.391 e. The molecule has 4 heteroatoms. The number of hydrogen-bond acceptors (Lipinski definition) is 3. The van der Waals surface area contributed by atoms with E-state index in [0.29, 0.717) is 0 Å². The summed E-state index contributed by atoms with van der Waals surface area (Å²) < 4.78 is 0. The zero-order valence-electron chi connectivity index (χ0n) is 11.0. The number of nitrogens with one attached hydrogen (secondary N) is 1. The average Bonchev–Trinajstić information content (AvgIpc) is 2.53. The van der Waals surface area contributed by atoms with Crippen LogP contribution in [0.5, 0.6) is 0 Å². The number of nitrogens with two attached hydrogens (primary N) is 1. The van der Waals surface area contributed by atoms with E-state index in [9.17, 15) is 9.90 Å². The van der Waals surface area contributed by atoms with Crippen LogP contribution in [0, 0.1) is 5.92 Å². The molecule has 100 valence electrons. The molecular formula is C13H26N2O2. The van der Waals surface area contributed by atoms with Gasteiger partial charge in [-0.2, -0.15) is 0 Å². The van der Waals surface area contributed by atoms with E-state index in [1.807, 2.05) is 13.8 Å². The Hall–Kier alpha value is -0.610. The highest BCUT2D eigenvalue weighted by atomic mass is 16.3. The molecule has 4 nitrogen and oxygen atoms in total. The number of rotatable bonds is 4. The molecule has 0 spiro atoms. The van der Waals surface area contributed by atoms with Gasteiger partial charge in [0.25, 0.3) is 0 Å². The van der Waals surface area contributed by atoms with Gasteiger partial charge in [0.1, 0.15) is 0 Å². The van der Waals surface area contributed by atoms with E-state index in [2.05, 4.69) is 5.32 Å². The minimum Gasteiger partial charge on any atom is -0.391 e. The standard InChI is InChI=1S/C13H26N2O2/c1-3-9(2)12(14)13(17)15-10-7-5-4-6-8-11(10)16/h9-12,16H,3-8,14H2,1-2H3,(H,15,17)/t9-,10?,11?,12-/m0/s1. The minimum atomic E-state index is -0.463. The van der Waals surface area contributed by atoms with Crippen molar-refractivity contribution in [1.82, 2.24) is 5.32 Å². The van der Waals surface area contributed by atoms with Crippen LogP contribution in [0.4, 0.5) is 0 Å². The van der Waals surface area contributed by atoms with Crippen molar-refractivity contribution in [3.63, 3.8) is 0 Å². The fourth-order valence-electron chi connectivity index (χ4n) is 2.25. The molecule has 0 aromatic carbocycles. The van der Waals surface area contributed by atoms with E-state index >= 15 is 0 Å².